The molecule has 1 fully saturated rings. The number of ketones is 1. The molecule has 0 amide bonds. The SMILES string of the molecule is CC(C)Oc1ccc(O)c(C(=O)C2CCCNC2)c1. The van der Waals surface area contributed by atoms with E-state index in [-0.39, 0.29) is 23.6 Å². The molecule has 4 nitrogen and oxygen atoms in total. The highest BCUT2D eigenvalue weighted by molar-refractivity contribution is 6.00. The van der Waals surface area contributed by atoms with E-state index in [1.54, 1.807) is 12.1 Å². The number of nitrogens with one attached hydrogen (secondary N) is 1. The fourth-order valence-electron chi connectivity index (χ4n) is 2.35. The fraction of sp³-hybridized carbons (Fsp3) is 0.533. The Morgan fingerprint density at radius 1 is 1.47 bits per heavy atom. The Kier molecular flexibility index (Phi) is 4.43. The summed E-state index contributed by atoms with van der Waals surface area (Å²) in [4.78, 5) is 12.4. The van der Waals surface area contributed by atoms with Crippen LogP contribution in [0.1, 0.15) is 37.0 Å². The number of piperidine rings is 1. The summed E-state index contributed by atoms with van der Waals surface area (Å²) in [5.74, 6) is 0.611. The van der Waals surface area contributed by atoms with Crippen LogP contribution in [0.3, 0.4) is 0 Å². The number of phenols is 1. The van der Waals surface area contributed by atoms with Gasteiger partial charge in [-0.3, -0.25) is 4.79 Å². The first-order valence-corrected chi connectivity index (χ1v) is 6.82. The Morgan fingerprint density at radius 3 is 2.89 bits per heavy atom. The monoisotopic (exact) mass is 263 g/mol. The average Bonchev–Trinajstić information content (AvgIpc) is 2.40. The summed E-state index contributed by atoms with van der Waals surface area (Å²) in [5, 5.41) is 13.1. The summed E-state index contributed by atoms with van der Waals surface area (Å²) >= 11 is 0. The summed E-state index contributed by atoms with van der Waals surface area (Å²) in [6.45, 7) is 5.51. The van der Waals surface area contributed by atoms with Crippen LogP contribution < -0.4 is 10.1 Å². The highest BCUT2D eigenvalue weighted by Gasteiger charge is 2.24. The van der Waals surface area contributed by atoms with Gasteiger partial charge in [0.2, 0.25) is 0 Å². The van der Waals surface area contributed by atoms with Gasteiger partial charge in [0, 0.05) is 12.5 Å². The molecule has 0 spiro atoms. The third kappa shape index (κ3) is 3.47. The van der Waals surface area contributed by atoms with Gasteiger partial charge in [0.25, 0.3) is 0 Å². The van der Waals surface area contributed by atoms with Gasteiger partial charge in [-0.2, -0.15) is 0 Å². The minimum absolute atomic E-state index is 0.00101. The van der Waals surface area contributed by atoms with E-state index in [4.69, 9.17) is 4.74 Å². The van der Waals surface area contributed by atoms with Gasteiger partial charge >= 0.3 is 0 Å². The van der Waals surface area contributed by atoms with E-state index in [9.17, 15) is 9.90 Å². The number of hydrogen-bond donors (Lipinski definition) is 2. The summed E-state index contributed by atoms with van der Waals surface area (Å²) in [5.41, 5.74) is 0.367. The molecule has 19 heavy (non-hydrogen) atoms. The maximum Gasteiger partial charge on any atom is 0.171 e. The normalized spacial score (nSPS) is 19.4. The molecule has 0 bridgehead atoms. The van der Waals surface area contributed by atoms with Crippen molar-refractivity contribution in [1.29, 1.82) is 0 Å². The first kappa shape index (κ1) is 13.9. The molecular formula is C15H21NO3. The quantitative estimate of drug-likeness (QED) is 0.819. The molecular weight excluding hydrogens is 242 g/mol. The van der Waals surface area contributed by atoms with E-state index in [1.807, 2.05) is 13.8 Å². The van der Waals surface area contributed by atoms with Crippen molar-refractivity contribution in [2.24, 2.45) is 5.92 Å². The van der Waals surface area contributed by atoms with Gasteiger partial charge in [0.15, 0.2) is 5.78 Å². The first-order chi connectivity index (χ1) is 9.08. The van der Waals surface area contributed by atoms with E-state index < -0.39 is 0 Å². The zero-order chi connectivity index (χ0) is 13.8. The van der Waals surface area contributed by atoms with Gasteiger partial charge in [0.05, 0.1) is 11.7 Å². The lowest BCUT2D eigenvalue weighted by Crippen LogP contribution is -2.34. The van der Waals surface area contributed by atoms with Crippen LogP contribution in [0.2, 0.25) is 0 Å². The lowest BCUT2D eigenvalue weighted by atomic mass is 9.90. The van der Waals surface area contributed by atoms with Crippen LogP contribution in [-0.4, -0.2) is 30.1 Å². The van der Waals surface area contributed by atoms with E-state index in [0.717, 1.165) is 19.4 Å². The Balaban J connectivity index is 2.19. The van der Waals surface area contributed by atoms with Gasteiger partial charge in [-0.05, 0) is 51.4 Å². The Hall–Kier alpha value is -1.55. The van der Waals surface area contributed by atoms with Crippen molar-refractivity contribution in [3.8, 4) is 11.5 Å². The predicted octanol–water partition coefficient (Wildman–Crippen LogP) is 2.36. The number of aromatic hydroxyl groups is 1. The Bertz CT molecular complexity index is 451. The molecule has 2 N–H and O–H groups in total. The summed E-state index contributed by atoms with van der Waals surface area (Å²) in [7, 11) is 0. The van der Waals surface area contributed by atoms with Crippen molar-refractivity contribution in [3.63, 3.8) is 0 Å². The second-order valence-electron chi connectivity index (χ2n) is 5.25. The van der Waals surface area contributed by atoms with Crippen LogP contribution in [0.5, 0.6) is 11.5 Å². The highest BCUT2D eigenvalue weighted by Crippen LogP contribution is 2.27. The maximum absolute atomic E-state index is 12.4. The van der Waals surface area contributed by atoms with Crippen molar-refractivity contribution in [3.05, 3.63) is 23.8 Å². The summed E-state index contributed by atoms with van der Waals surface area (Å²) in [6, 6.07) is 4.86. The highest BCUT2D eigenvalue weighted by atomic mass is 16.5. The second-order valence-corrected chi connectivity index (χ2v) is 5.25. The number of rotatable bonds is 4. The Labute approximate surface area is 113 Å². The van der Waals surface area contributed by atoms with Crippen molar-refractivity contribution in [2.45, 2.75) is 32.8 Å². The fourth-order valence-corrected chi connectivity index (χ4v) is 2.35. The van der Waals surface area contributed by atoms with Crippen LogP contribution in [0.25, 0.3) is 0 Å². The van der Waals surface area contributed by atoms with E-state index in [0.29, 0.717) is 17.9 Å². The molecule has 1 heterocycles. The van der Waals surface area contributed by atoms with E-state index in [2.05, 4.69) is 5.32 Å². The summed E-state index contributed by atoms with van der Waals surface area (Å²) < 4.78 is 5.57. The molecule has 1 aromatic carbocycles. The van der Waals surface area contributed by atoms with Crippen LogP contribution in [0.15, 0.2) is 18.2 Å². The standard InChI is InChI=1S/C15H21NO3/c1-10(2)19-12-5-6-14(17)13(8-12)15(18)11-4-3-7-16-9-11/h5-6,8,10-11,16-17H,3-4,7,9H2,1-2H3. The molecule has 0 aromatic heterocycles. The molecule has 1 aromatic rings. The number of benzene rings is 1. The van der Waals surface area contributed by atoms with Gasteiger partial charge in [-0.15, -0.1) is 0 Å². The molecule has 0 radical (unpaired) electrons. The van der Waals surface area contributed by atoms with Crippen molar-refractivity contribution >= 4 is 5.78 Å². The number of carbonyl (C=O) groups excluding carboxylic acids is 1. The van der Waals surface area contributed by atoms with Crippen LogP contribution in [0, 0.1) is 5.92 Å². The van der Waals surface area contributed by atoms with Crippen LogP contribution >= 0.6 is 0 Å². The second kappa shape index (κ2) is 6.06. The first-order valence-electron chi connectivity index (χ1n) is 6.82. The number of carbonyl (C=O) groups is 1. The van der Waals surface area contributed by atoms with Crippen molar-refractivity contribution in [1.82, 2.24) is 5.32 Å². The zero-order valence-corrected chi connectivity index (χ0v) is 11.5. The minimum Gasteiger partial charge on any atom is -0.507 e. The Morgan fingerprint density at radius 2 is 2.26 bits per heavy atom. The molecule has 104 valence electrons. The zero-order valence-electron chi connectivity index (χ0n) is 11.5. The van der Waals surface area contributed by atoms with E-state index in [1.165, 1.54) is 6.07 Å². The van der Waals surface area contributed by atoms with Gasteiger partial charge in [0.1, 0.15) is 11.5 Å². The van der Waals surface area contributed by atoms with Crippen LogP contribution in [0.4, 0.5) is 0 Å². The van der Waals surface area contributed by atoms with Gasteiger partial charge in [-0.25, -0.2) is 0 Å². The number of phenolic OH excluding ortho intramolecular Hbond substituents is 1. The van der Waals surface area contributed by atoms with E-state index >= 15 is 0 Å². The smallest absolute Gasteiger partial charge is 0.171 e. The third-order valence-corrected chi connectivity index (χ3v) is 3.27. The molecule has 0 aliphatic carbocycles. The molecule has 0 saturated carbocycles. The van der Waals surface area contributed by atoms with Gasteiger partial charge in [-0.1, -0.05) is 0 Å². The topological polar surface area (TPSA) is 58.6 Å². The lowest BCUT2D eigenvalue weighted by Gasteiger charge is -2.22. The predicted molar refractivity (Wildman–Crippen MR) is 73.8 cm³/mol. The summed E-state index contributed by atoms with van der Waals surface area (Å²) in [6.07, 6.45) is 1.92. The largest absolute Gasteiger partial charge is 0.507 e. The maximum atomic E-state index is 12.4. The molecule has 1 aliphatic rings. The molecule has 1 unspecified atom stereocenters. The molecule has 1 saturated heterocycles. The minimum atomic E-state index is -0.0473. The molecule has 4 heteroatoms. The third-order valence-electron chi connectivity index (χ3n) is 3.27. The average molecular weight is 263 g/mol. The molecule has 2 rings (SSSR count). The number of ether oxygens (including phenoxy) is 1. The molecule has 1 aliphatic heterocycles. The number of Topliss-reactive ketones (excluding diaryl/α,β-unsaturated/α-hetero) is 1. The van der Waals surface area contributed by atoms with Crippen LogP contribution in [-0.2, 0) is 0 Å². The molecule has 1 atom stereocenters. The van der Waals surface area contributed by atoms with Crippen molar-refractivity contribution in [2.75, 3.05) is 13.1 Å². The van der Waals surface area contributed by atoms with Crippen molar-refractivity contribution < 1.29 is 14.6 Å². The van der Waals surface area contributed by atoms with Gasteiger partial charge < -0.3 is 15.2 Å². The number of hydrogen-bond acceptors (Lipinski definition) is 4. The lowest BCUT2D eigenvalue weighted by molar-refractivity contribution is 0.0896.